The smallest absolute Gasteiger partial charge is 0.365 e. The molecular weight excluding hydrogens is 545 g/mol. The minimum absolute atomic E-state index is 0.0405. The summed E-state index contributed by atoms with van der Waals surface area (Å²) in [7, 11) is -3.92. The Bertz CT molecular complexity index is 1530. The third-order valence-corrected chi connectivity index (χ3v) is 9.73. The van der Waals surface area contributed by atoms with Crippen molar-refractivity contribution in [3.63, 3.8) is 0 Å². The van der Waals surface area contributed by atoms with E-state index < -0.39 is 21.2 Å². The molecule has 0 spiro atoms. The lowest BCUT2D eigenvalue weighted by Crippen LogP contribution is -2.55. The molecule has 3 fully saturated rings. The van der Waals surface area contributed by atoms with E-state index in [-0.39, 0.29) is 44.8 Å². The van der Waals surface area contributed by atoms with Crippen molar-refractivity contribution < 1.29 is 26.4 Å². The van der Waals surface area contributed by atoms with E-state index >= 15 is 0 Å². The molecule has 1 atom stereocenters. The molecule has 0 unspecified atom stereocenters. The second-order valence-electron chi connectivity index (χ2n) is 10.4. The Morgan fingerprint density at radius 1 is 1.16 bits per heavy atom. The third-order valence-electron chi connectivity index (χ3n) is 7.27. The number of pyridine rings is 1. The van der Waals surface area contributed by atoms with E-state index in [4.69, 9.17) is 0 Å². The van der Waals surface area contributed by atoms with Crippen molar-refractivity contribution in [2.75, 3.05) is 24.5 Å². The summed E-state index contributed by atoms with van der Waals surface area (Å²) < 4.78 is 69.8. The molecule has 16 heteroatoms. The molecule has 0 radical (unpaired) electrons. The van der Waals surface area contributed by atoms with Crippen LogP contribution in [0.15, 0.2) is 17.2 Å². The average Bonchev–Trinajstić information content (AvgIpc) is 3.70. The number of hydrogen-bond acceptors (Lipinski definition) is 9. The van der Waals surface area contributed by atoms with Gasteiger partial charge in [-0.2, -0.15) is 13.2 Å². The molecule has 4 heterocycles. The van der Waals surface area contributed by atoms with Crippen LogP contribution in [0, 0.1) is 5.41 Å². The van der Waals surface area contributed by atoms with Gasteiger partial charge < -0.3 is 9.80 Å². The minimum atomic E-state index is -4.67. The van der Waals surface area contributed by atoms with Gasteiger partial charge in [0.15, 0.2) is 16.5 Å². The molecule has 2 saturated carbocycles. The fourth-order valence-corrected chi connectivity index (χ4v) is 6.63. The van der Waals surface area contributed by atoms with Gasteiger partial charge in [0.1, 0.15) is 4.90 Å². The minimum Gasteiger partial charge on any atom is -0.365 e. The number of hydrogen-bond donors (Lipinski definition) is 1. The van der Waals surface area contributed by atoms with Gasteiger partial charge >= 0.3 is 6.18 Å². The van der Waals surface area contributed by atoms with Crippen LogP contribution < -0.4 is 9.62 Å². The molecule has 1 saturated heterocycles. The van der Waals surface area contributed by atoms with E-state index in [1.165, 1.54) is 16.7 Å². The van der Waals surface area contributed by atoms with Crippen molar-refractivity contribution in [3.8, 4) is 10.8 Å². The quantitative estimate of drug-likeness (QED) is 0.479. The molecular formula is C22H25F3N8O3S2. The number of fused-ring (bicyclic) bond motifs is 1. The summed E-state index contributed by atoms with van der Waals surface area (Å²) in [4.78, 5) is 16.7. The Balaban J connectivity index is 1.40. The lowest BCUT2D eigenvalue weighted by atomic mass is 10.1. The Morgan fingerprint density at radius 2 is 1.89 bits per heavy atom. The predicted octanol–water partition coefficient (Wildman–Crippen LogP) is 2.54. The largest absolute Gasteiger partial charge is 0.445 e. The van der Waals surface area contributed by atoms with E-state index in [0.29, 0.717) is 36.7 Å². The molecule has 2 aliphatic carbocycles. The zero-order valence-corrected chi connectivity index (χ0v) is 22.2. The van der Waals surface area contributed by atoms with Gasteiger partial charge in [0.25, 0.3) is 0 Å². The molecule has 204 valence electrons. The van der Waals surface area contributed by atoms with Crippen molar-refractivity contribution in [3.05, 3.63) is 17.3 Å². The summed E-state index contributed by atoms with van der Waals surface area (Å²) in [6.45, 7) is 5.22. The zero-order valence-electron chi connectivity index (χ0n) is 20.6. The van der Waals surface area contributed by atoms with Gasteiger partial charge in [0, 0.05) is 43.3 Å². The number of carbonyl (C=O) groups excluding carboxylic acids is 1. The van der Waals surface area contributed by atoms with Gasteiger partial charge in [-0.25, -0.2) is 13.1 Å². The predicted molar refractivity (Wildman–Crippen MR) is 131 cm³/mol. The monoisotopic (exact) mass is 570 g/mol. The molecule has 38 heavy (non-hydrogen) atoms. The molecule has 1 N–H and O–H groups in total. The second-order valence-corrected chi connectivity index (χ2v) is 13.1. The van der Waals surface area contributed by atoms with Crippen LogP contribution in [-0.4, -0.2) is 75.7 Å². The third kappa shape index (κ3) is 4.51. The Morgan fingerprint density at radius 3 is 2.50 bits per heavy atom. The van der Waals surface area contributed by atoms with Crippen LogP contribution in [0.4, 0.5) is 18.9 Å². The molecule has 3 aliphatic rings. The summed E-state index contributed by atoms with van der Waals surface area (Å²) in [6.07, 6.45) is -0.151. The number of amides is 1. The lowest BCUT2D eigenvalue weighted by molar-refractivity contribution is -0.139. The lowest BCUT2D eigenvalue weighted by Gasteiger charge is -2.42. The van der Waals surface area contributed by atoms with E-state index in [0.717, 1.165) is 25.7 Å². The van der Waals surface area contributed by atoms with E-state index in [1.54, 1.807) is 0 Å². The van der Waals surface area contributed by atoms with Crippen LogP contribution in [0.25, 0.3) is 16.5 Å². The van der Waals surface area contributed by atoms with Crippen LogP contribution >= 0.6 is 11.3 Å². The Kier molecular flexibility index (Phi) is 5.74. The second kappa shape index (κ2) is 8.58. The van der Waals surface area contributed by atoms with Crippen molar-refractivity contribution in [1.29, 1.82) is 0 Å². The van der Waals surface area contributed by atoms with Crippen molar-refractivity contribution in [2.24, 2.45) is 5.41 Å². The molecule has 1 aliphatic heterocycles. The summed E-state index contributed by atoms with van der Waals surface area (Å²) in [5.74, 6) is 0.0857. The Hall–Kier alpha value is -2.85. The fourth-order valence-electron chi connectivity index (χ4n) is 4.62. The highest BCUT2D eigenvalue weighted by atomic mass is 32.2. The van der Waals surface area contributed by atoms with Crippen molar-refractivity contribution >= 4 is 38.6 Å². The molecule has 1 amide bonds. The van der Waals surface area contributed by atoms with Crippen LogP contribution in [0.1, 0.15) is 44.5 Å². The fraction of sp³-hybridized carbons (Fsp3) is 0.591. The maximum atomic E-state index is 13.2. The van der Waals surface area contributed by atoms with Gasteiger partial charge in [-0.3, -0.25) is 9.20 Å². The highest BCUT2D eigenvalue weighted by Crippen LogP contribution is 2.47. The maximum Gasteiger partial charge on any atom is 0.445 e. The number of alkyl halides is 3. The summed E-state index contributed by atoms with van der Waals surface area (Å²) >= 11 is 0.306. The SMILES string of the molecule is C[C@@H]1CN(c2cc(S(=O)(=O)NC3CC3)cn3c(-c4nnc(C(F)(F)F)s4)nnc23)CCN1C(=O)C1(C)CC1. The maximum absolute atomic E-state index is 13.2. The number of aromatic nitrogens is 5. The van der Waals surface area contributed by atoms with Crippen LogP contribution in [0.2, 0.25) is 0 Å². The summed E-state index contributed by atoms with van der Waals surface area (Å²) in [5, 5.41) is 13.9. The Labute approximate surface area is 220 Å². The van der Waals surface area contributed by atoms with E-state index in [1.807, 2.05) is 23.6 Å². The highest BCUT2D eigenvalue weighted by Gasteiger charge is 2.48. The molecule has 11 nitrogen and oxygen atoms in total. The van der Waals surface area contributed by atoms with Gasteiger partial charge in [-0.1, -0.05) is 18.3 Å². The standard InChI is InChI=1S/C22H25F3N8O3S2/c1-12-10-31(7-8-32(12)20(34)21(2)5-6-21)15-9-14(38(35,36)30-13-3-4-13)11-33-16(15)26-27-17(33)18-28-29-19(37-18)22(23,24)25/h9,11-13,30H,3-8,10H2,1-2H3/t12-/m1/s1. The van der Waals surface area contributed by atoms with Gasteiger partial charge in [-0.05, 0) is 38.7 Å². The number of carbonyl (C=O) groups is 1. The van der Waals surface area contributed by atoms with E-state index in [9.17, 15) is 26.4 Å². The van der Waals surface area contributed by atoms with Crippen molar-refractivity contribution in [2.45, 2.75) is 62.7 Å². The van der Waals surface area contributed by atoms with Crippen LogP contribution in [0.5, 0.6) is 0 Å². The van der Waals surface area contributed by atoms with E-state index in [2.05, 4.69) is 25.1 Å². The van der Waals surface area contributed by atoms with Gasteiger partial charge in [0.2, 0.25) is 20.9 Å². The molecule has 0 aromatic carbocycles. The first-order valence-electron chi connectivity index (χ1n) is 12.2. The molecule has 3 aromatic heterocycles. The molecule has 3 aromatic rings. The number of piperazine rings is 1. The number of anilines is 1. The van der Waals surface area contributed by atoms with Gasteiger partial charge in [0.05, 0.1) is 5.69 Å². The number of rotatable bonds is 6. The number of halogens is 3. The first-order valence-corrected chi connectivity index (χ1v) is 14.5. The first kappa shape index (κ1) is 25.4. The number of nitrogens with zero attached hydrogens (tertiary/aromatic N) is 7. The van der Waals surface area contributed by atoms with Crippen LogP contribution in [0.3, 0.4) is 0 Å². The van der Waals surface area contributed by atoms with Crippen LogP contribution in [-0.2, 0) is 21.0 Å². The number of sulfonamides is 1. The zero-order chi connectivity index (χ0) is 27.0. The summed E-state index contributed by atoms with van der Waals surface area (Å²) in [6, 6.07) is 1.22. The molecule has 0 bridgehead atoms. The normalized spacial score (nSPS) is 21.8. The van der Waals surface area contributed by atoms with Gasteiger partial charge in [-0.15, -0.1) is 20.4 Å². The topological polar surface area (TPSA) is 126 Å². The van der Waals surface area contributed by atoms with Crippen molar-refractivity contribution in [1.82, 2.24) is 34.4 Å². The highest BCUT2D eigenvalue weighted by molar-refractivity contribution is 7.89. The summed E-state index contributed by atoms with van der Waals surface area (Å²) in [5.41, 5.74) is 0.431. The first-order chi connectivity index (χ1) is 17.9. The molecule has 6 rings (SSSR count). The average molecular weight is 571 g/mol. The number of nitrogens with one attached hydrogen (secondary N) is 1.